The number of rotatable bonds is 7. The van der Waals surface area contributed by atoms with Crippen LogP contribution in [0.4, 0.5) is 8.78 Å². The van der Waals surface area contributed by atoms with E-state index in [1.807, 2.05) is 32.9 Å². The van der Waals surface area contributed by atoms with Crippen molar-refractivity contribution >= 4 is 11.8 Å². The van der Waals surface area contributed by atoms with Crippen LogP contribution in [0.15, 0.2) is 24.3 Å². The molecule has 2 amide bonds. The lowest BCUT2D eigenvalue weighted by atomic mass is 10.0. The summed E-state index contributed by atoms with van der Waals surface area (Å²) in [5.74, 6) is -0.165. The SMILES string of the molecule is Cc1ccccc1C(=O)N[C@@H](CC(C)C)C(=O)N1CCN(CC(F)F)CC1. The number of hydrogen-bond acceptors (Lipinski definition) is 3. The average Bonchev–Trinajstić information content (AvgIpc) is 2.60. The van der Waals surface area contributed by atoms with Crippen LogP contribution in [0.1, 0.15) is 36.2 Å². The molecule has 1 saturated heterocycles. The summed E-state index contributed by atoms with van der Waals surface area (Å²) in [6.07, 6.45) is -1.83. The second-order valence-corrected chi connectivity index (χ2v) is 7.49. The number of aryl methyl sites for hydroxylation is 1. The second-order valence-electron chi connectivity index (χ2n) is 7.49. The molecule has 1 aliphatic rings. The Balaban J connectivity index is 2.02. The van der Waals surface area contributed by atoms with Gasteiger partial charge in [-0.1, -0.05) is 32.0 Å². The standard InChI is InChI=1S/C20H29F2N3O2/c1-14(2)12-17(23-19(26)16-7-5-4-6-15(16)3)20(27)25-10-8-24(9-11-25)13-18(21)22/h4-7,14,17-18H,8-13H2,1-3H3,(H,23,26)/t17-/m0/s1. The number of piperazine rings is 1. The second kappa shape index (κ2) is 9.78. The molecule has 0 aliphatic carbocycles. The Morgan fingerprint density at radius 3 is 2.30 bits per heavy atom. The monoisotopic (exact) mass is 381 g/mol. The minimum absolute atomic E-state index is 0.137. The first-order chi connectivity index (χ1) is 12.8. The zero-order chi connectivity index (χ0) is 20.0. The molecule has 1 aromatic rings. The number of halogens is 2. The van der Waals surface area contributed by atoms with E-state index in [4.69, 9.17) is 0 Å². The molecule has 0 bridgehead atoms. The van der Waals surface area contributed by atoms with E-state index in [9.17, 15) is 18.4 Å². The van der Waals surface area contributed by atoms with Crippen molar-refractivity contribution in [1.82, 2.24) is 15.1 Å². The maximum Gasteiger partial charge on any atom is 0.252 e. The van der Waals surface area contributed by atoms with Gasteiger partial charge in [0.2, 0.25) is 5.91 Å². The molecule has 1 aromatic carbocycles. The normalized spacial score (nSPS) is 16.6. The van der Waals surface area contributed by atoms with Crippen LogP contribution in [-0.2, 0) is 4.79 Å². The van der Waals surface area contributed by atoms with Crippen molar-refractivity contribution in [2.45, 2.75) is 39.7 Å². The molecule has 0 radical (unpaired) electrons. The highest BCUT2D eigenvalue weighted by atomic mass is 19.3. The number of nitrogens with one attached hydrogen (secondary N) is 1. The minimum Gasteiger partial charge on any atom is -0.340 e. The maximum absolute atomic E-state index is 13.0. The molecule has 0 spiro atoms. The number of carbonyl (C=O) groups is 2. The van der Waals surface area contributed by atoms with Gasteiger partial charge < -0.3 is 10.2 Å². The summed E-state index contributed by atoms with van der Waals surface area (Å²) < 4.78 is 25.0. The molecule has 0 aromatic heterocycles. The molecule has 7 heteroatoms. The predicted octanol–water partition coefficient (Wildman–Crippen LogP) is 2.55. The summed E-state index contributed by atoms with van der Waals surface area (Å²) in [6, 6.07) is 6.64. The van der Waals surface area contributed by atoms with Crippen molar-refractivity contribution in [2.75, 3.05) is 32.7 Å². The van der Waals surface area contributed by atoms with E-state index >= 15 is 0 Å². The first-order valence-corrected chi connectivity index (χ1v) is 9.43. The van der Waals surface area contributed by atoms with Gasteiger partial charge in [0, 0.05) is 31.7 Å². The molecule has 1 heterocycles. The van der Waals surface area contributed by atoms with E-state index in [1.165, 1.54) is 0 Å². The van der Waals surface area contributed by atoms with E-state index in [0.717, 1.165) is 5.56 Å². The van der Waals surface area contributed by atoms with E-state index < -0.39 is 12.5 Å². The zero-order valence-corrected chi connectivity index (χ0v) is 16.3. The van der Waals surface area contributed by atoms with Gasteiger partial charge in [-0.15, -0.1) is 0 Å². The number of alkyl halides is 2. The summed E-state index contributed by atoms with van der Waals surface area (Å²) in [7, 11) is 0. The van der Waals surface area contributed by atoms with Crippen LogP contribution < -0.4 is 5.32 Å². The Morgan fingerprint density at radius 1 is 1.11 bits per heavy atom. The lowest BCUT2D eigenvalue weighted by Crippen LogP contribution is -2.55. The molecule has 1 atom stereocenters. The molecule has 27 heavy (non-hydrogen) atoms. The molecule has 0 unspecified atom stereocenters. The fourth-order valence-electron chi connectivity index (χ4n) is 3.32. The van der Waals surface area contributed by atoms with Crippen LogP contribution in [0.5, 0.6) is 0 Å². The highest BCUT2D eigenvalue weighted by Crippen LogP contribution is 2.13. The van der Waals surface area contributed by atoms with Gasteiger partial charge in [0.05, 0.1) is 6.54 Å². The zero-order valence-electron chi connectivity index (χ0n) is 16.3. The third-order valence-corrected chi connectivity index (χ3v) is 4.78. The van der Waals surface area contributed by atoms with Crippen LogP contribution in [0, 0.1) is 12.8 Å². The number of carbonyl (C=O) groups excluding carboxylic acids is 2. The van der Waals surface area contributed by atoms with Crippen LogP contribution >= 0.6 is 0 Å². The molecule has 0 saturated carbocycles. The van der Waals surface area contributed by atoms with Gasteiger partial charge in [0.1, 0.15) is 6.04 Å². The highest BCUT2D eigenvalue weighted by molar-refractivity contribution is 5.98. The van der Waals surface area contributed by atoms with Gasteiger partial charge >= 0.3 is 0 Å². The van der Waals surface area contributed by atoms with Crippen molar-refractivity contribution in [3.8, 4) is 0 Å². The topological polar surface area (TPSA) is 52.7 Å². The Kier molecular flexibility index (Phi) is 7.71. The Labute approximate surface area is 159 Å². The molecule has 2 rings (SSSR count). The predicted molar refractivity (Wildman–Crippen MR) is 101 cm³/mol. The van der Waals surface area contributed by atoms with Crippen molar-refractivity contribution in [1.29, 1.82) is 0 Å². The molecule has 150 valence electrons. The van der Waals surface area contributed by atoms with Crippen LogP contribution in [0.25, 0.3) is 0 Å². The van der Waals surface area contributed by atoms with Gasteiger partial charge in [0.25, 0.3) is 12.3 Å². The Bertz CT molecular complexity index is 644. The average molecular weight is 381 g/mol. The summed E-state index contributed by atoms with van der Waals surface area (Å²) in [6.45, 7) is 7.26. The smallest absolute Gasteiger partial charge is 0.252 e. The highest BCUT2D eigenvalue weighted by Gasteiger charge is 2.30. The number of hydrogen-bond donors (Lipinski definition) is 1. The molecule has 1 aliphatic heterocycles. The van der Waals surface area contributed by atoms with Crippen molar-refractivity contribution < 1.29 is 18.4 Å². The first kappa shape index (κ1) is 21.3. The lowest BCUT2D eigenvalue weighted by molar-refractivity contribution is -0.135. The molecule has 5 nitrogen and oxygen atoms in total. The molecular formula is C20H29F2N3O2. The number of benzene rings is 1. The summed E-state index contributed by atoms with van der Waals surface area (Å²) >= 11 is 0. The number of nitrogens with zero attached hydrogens (tertiary/aromatic N) is 2. The van der Waals surface area contributed by atoms with Gasteiger partial charge in [-0.05, 0) is 30.9 Å². The maximum atomic E-state index is 13.0. The van der Waals surface area contributed by atoms with Gasteiger partial charge in [-0.3, -0.25) is 14.5 Å². The quantitative estimate of drug-likeness (QED) is 0.790. The minimum atomic E-state index is -2.37. The van der Waals surface area contributed by atoms with E-state index in [2.05, 4.69) is 5.32 Å². The van der Waals surface area contributed by atoms with E-state index in [1.54, 1.807) is 21.9 Å². The fraction of sp³-hybridized carbons (Fsp3) is 0.600. The van der Waals surface area contributed by atoms with Gasteiger partial charge in [-0.25, -0.2) is 8.78 Å². The van der Waals surface area contributed by atoms with Gasteiger partial charge in [-0.2, -0.15) is 0 Å². The van der Waals surface area contributed by atoms with Crippen molar-refractivity contribution in [2.24, 2.45) is 5.92 Å². The van der Waals surface area contributed by atoms with Gasteiger partial charge in [0.15, 0.2) is 0 Å². The summed E-state index contributed by atoms with van der Waals surface area (Å²) in [5, 5.41) is 2.88. The van der Waals surface area contributed by atoms with Crippen molar-refractivity contribution in [3.05, 3.63) is 35.4 Å². The fourth-order valence-corrected chi connectivity index (χ4v) is 3.32. The molecular weight excluding hydrogens is 352 g/mol. The third-order valence-electron chi connectivity index (χ3n) is 4.78. The largest absolute Gasteiger partial charge is 0.340 e. The molecule has 1 N–H and O–H groups in total. The van der Waals surface area contributed by atoms with Crippen LogP contribution in [0.3, 0.4) is 0 Å². The summed E-state index contributed by atoms with van der Waals surface area (Å²) in [4.78, 5) is 28.9. The Morgan fingerprint density at radius 2 is 1.74 bits per heavy atom. The Hall–Kier alpha value is -2.02. The van der Waals surface area contributed by atoms with E-state index in [-0.39, 0.29) is 24.3 Å². The van der Waals surface area contributed by atoms with E-state index in [0.29, 0.717) is 38.2 Å². The van der Waals surface area contributed by atoms with Crippen molar-refractivity contribution in [3.63, 3.8) is 0 Å². The summed E-state index contributed by atoms with van der Waals surface area (Å²) in [5.41, 5.74) is 1.41. The van der Waals surface area contributed by atoms with Crippen LogP contribution in [-0.4, -0.2) is 66.8 Å². The van der Waals surface area contributed by atoms with Crippen LogP contribution in [0.2, 0.25) is 0 Å². The molecule has 1 fully saturated rings. The third kappa shape index (κ3) is 6.27. The number of amides is 2. The lowest BCUT2D eigenvalue weighted by Gasteiger charge is -2.36. The first-order valence-electron chi connectivity index (χ1n) is 9.43.